The van der Waals surface area contributed by atoms with E-state index in [9.17, 15) is 8.42 Å². The van der Waals surface area contributed by atoms with Crippen LogP contribution in [0.5, 0.6) is 0 Å². The van der Waals surface area contributed by atoms with E-state index in [4.69, 9.17) is 11.1 Å². The lowest BCUT2D eigenvalue weighted by Crippen LogP contribution is -2.34. The Morgan fingerprint density at radius 3 is 2.50 bits per heavy atom. The summed E-state index contributed by atoms with van der Waals surface area (Å²) in [5.41, 5.74) is 5.31. The van der Waals surface area contributed by atoms with Crippen LogP contribution in [0.1, 0.15) is 26.7 Å². The molecule has 1 atom stereocenters. The molecule has 6 heteroatoms. The van der Waals surface area contributed by atoms with E-state index in [0.717, 1.165) is 0 Å². The van der Waals surface area contributed by atoms with Crippen molar-refractivity contribution in [3.05, 3.63) is 0 Å². The van der Waals surface area contributed by atoms with Gasteiger partial charge in [0.15, 0.2) is 0 Å². The van der Waals surface area contributed by atoms with E-state index in [0.29, 0.717) is 19.4 Å². The van der Waals surface area contributed by atoms with Gasteiger partial charge in [-0.05, 0) is 26.9 Å². The molecule has 0 rings (SSSR count). The van der Waals surface area contributed by atoms with Crippen molar-refractivity contribution in [1.82, 2.24) is 4.90 Å². The summed E-state index contributed by atoms with van der Waals surface area (Å²) in [6.07, 6.45) is 1.16. The number of hydrogen-bond donors (Lipinski definition) is 2. The zero-order chi connectivity index (χ0) is 12.8. The molecule has 0 aliphatic carbocycles. The predicted molar refractivity (Wildman–Crippen MR) is 67.6 cm³/mol. The first-order valence-electron chi connectivity index (χ1n) is 5.52. The molecule has 5 nitrogen and oxygen atoms in total. The van der Waals surface area contributed by atoms with Crippen molar-refractivity contribution in [1.29, 1.82) is 5.41 Å². The molecule has 96 valence electrons. The maximum atomic E-state index is 11.3. The summed E-state index contributed by atoms with van der Waals surface area (Å²) in [6, 6.07) is 0.182. The van der Waals surface area contributed by atoms with Crippen LogP contribution in [0, 0.1) is 5.41 Å². The maximum Gasteiger partial charge on any atom is 0.150 e. The molecular weight excluding hydrogens is 226 g/mol. The number of hydrogen-bond acceptors (Lipinski definition) is 4. The van der Waals surface area contributed by atoms with Crippen molar-refractivity contribution >= 4 is 15.7 Å². The van der Waals surface area contributed by atoms with Gasteiger partial charge < -0.3 is 10.6 Å². The molecule has 0 bridgehead atoms. The van der Waals surface area contributed by atoms with Crippen molar-refractivity contribution in [3.8, 4) is 0 Å². The van der Waals surface area contributed by atoms with Crippen LogP contribution in [-0.2, 0) is 9.84 Å². The normalized spacial score (nSPS) is 14.0. The van der Waals surface area contributed by atoms with Crippen LogP contribution < -0.4 is 5.73 Å². The summed E-state index contributed by atoms with van der Waals surface area (Å²) in [4.78, 5) is 2.03. The molecule has 0 aliphatic heterocycles. The first kappa shape index (κ1) is 15.4. The number of amidine groups is 1. The smallest absolute Gasteiger partial charge is 0.150 e. The van der Waals surface area contributed by atoms with Crippen molar-refractivity contribution < 1.29 is 8.42 Å². The Kier molecular flexibility index (Phi) is 6.59. The number of nitrogens with zero attached hydrogens (tertiary/aromatic N) is 1. The van der Waals surface area contributed by atoms with E-state index in [1.54, 1.807) is 6.92 Å². The molecule has 16 heavy (non-hydrogen) atoms. The molecule has 1 unspecified atom stereocenters. The second-order valence-corrected chi connectivity index (χ2v) is 6.62. The standard InChI is InChI=1S/C10H23N3O2S/c1-4-16(14,15)7-5-6-13(3)9(2)8-10(11)12/h9H,4-8H2,1-3H3,(H3,11,12). The maximum absolute atomic E-state index is 11.3. The molecule has 0 aromatic heterocycles. The van der Waals surface area contributed by atoms with Crippen LogP contribution in [-0.4, -0.2) is 50.3 Å². The van der Waals surface area contributed by atoms with Crippen LogP contribution in [0.2, 0.25) is 0 Å². The fourth-order valence-corrected chi connectivity index (χ4v) is 2.23. The van der Waals surface area contributed by atoms with Crippen molar-refractivity contribution in [2.75, 3.05) is 25.1 Å². The quantitative estimate of drug-likeness (QED) is 0.483. The molecule has 0 heterocycles. The van der Waals surface area contributed by atoms with Crippen molar-refractivity contribution in [3.63, 3.8) is 0 Å². The van der Waals surface area contributed by atoms with Gasteiger partial charge in [0.1, 0.15) is 9.84 Å². The Morgan fingerprint density at radius 2 is 2.06 bits per heavy atom. The predicted octanol–water partition coefficient (Wildman–Crippen LogP) is 0.458. The van der Waals surface area contributed by atoms with Gasteiger partial charge in [-0.3, -0.25) is 5.41 Å². The summed E-state index contributed by atoms with van der Waals surface area (Å²) >= 11 is 0. The van der Waals surface area contributed by atoms with Crippen LogP contribution >= 0.6 is 0 Å². The summed E-state index contributed by atoms with van der Waals surface area (Å²) in [5.74, 6) is 0.612. The van der Waals surface area contributed by atoms with E-state index in [-0.39, 0.29) is 23.4 Å². The van der Waals surface area contributed by atoms with E-state index in [2.05, 4.69) is 0 Å². The summed E-state index contributed by atoms with van der Waals surface area (Å²) in [7, 11) is -0.935. The van der Waals surface area contributed by atoms with E-state index >= 15 is 0 Å². The highest BCUT2D eigenvalue weighted by atomic mass is 32.2. The topological polar surface area (TPSA) is 87.2 Å². The molecule has 0 amide bonds. The minimum Gasteiger partial charge on any atom is -0.388 e. The Balaban J connectivity index is 3.90. The largest absolute Gasteiger partial charge is 0.388 e. The average Bonchev–Trinajstić information content (AvgIpc) is 2.16. The van der Waals surface area contributed by atoms with E-state index in [1.165, 1.54) is 0 Å². The Labute approximate surface area is 98.4 Å². The Morgan fingerprint density at radius 1 is 1.50 bits per heavy atom. The third-order valence-corrected chi connectivity index (χ3v) is 4.46. The van der Waals surface area contributed by atoms with E-state index in [1.807, 2.05) is 18.9 Å². The fraction of sp³-hybridized carbons (Fsp3) is 0.900. The average molecular weight is 249 g/mol. The molecule has 0 radical (unpaired) electrons. The summed E-state index contributed by atoms with van der Waals surface area (Å²) in [6.45, 7) is 4.36. The number of sulfone groups is 1. The second-order valence-electron chi connectivity index (χ2n) is 4.15. The summed E-state index contributed by atoms with van der Waals surface area (Å²) in [5, 5.41) is 7.18. The zero-order valence-corrected chi connectivity index (χ0v) is 11.2. The summed E-state index contributed by atoms with van der Waals surface area (Å²) < 4.78 is 22.5. The second kappa shape index (κ2) is 6.85. The van der Waals surface area contributed by atoms with Crippen LogP contribution in [0.3, 0.4) is 0 Å². The van der Waals surface area contributed by atoms with Gasteiger partial charge in [-0.25, -0.2) is 8.42 Å². The highest BCUT2D eigenvalue weighted by Crippen LogP contribution is 2.03. The third kappa shape index (κ3) is 6.79. The molecule has 0 fully saturated rings. The van der Waals surface area contributed by atoms with Gasteiger partial charge in [0.25, 0.3) is 0 Å². The minimum absolute atomic E-state index is 0.167. The zero-order valence-electron chi connectivity index (χ0n) is 10.4. The van der Waals surface area contributed by atoms with Gasteiger partial charge in [-0.1, -0.05) is 6.92 Å². The van der Waals surface area contributed by atoms with Gasteiger partial charge in [0.2, 0.25) is 0 Å². The lowest BCUT2D eigenvalue weighted by atomic mass is 10.2. The fourth-order valence-electron chi connectivity index (χ4n) is 1.37. The van der Waals surface area contributed by atoms with Gasteiger partial charge in [-0.15, -0.1) is 0 Å². The molecular formula is C10H23N3O2S. The van der Waals surface area contributed by atoms with Gasteiger partial charge in [0, 0.05) is 18.2 Å². The van der Waals surface area contributed by atoms with Crippen molar-refractivity contribution in [2.24, 2.45) is 5.73 Å². The lowest BCUT2D eigenvalue weighted by Gasteiger charge is -2.23. The SMILES string of the molecule is CCS(=O)(=O)CCCN(C)C(C)CC(=N)N. The highest BCUT2D eigenvalue weighted by Gasteiger charge is 2.12. The number of rotatable bonds is 8. The molecule has 0 saturated heterocycles. The third-order valence-electron chi connectivity index (χ3n) is 2.67. The van der Waals surface area contributed by atoms with Gasteiger partial charge >= 0.3 is 0 Å². The molecule has 0 aromatic carbocycles. The minimum atomic E-state index is -2.86. The molecule has 0 aliphatic rings. The first-order chi connectivity index (χ1) is 7.28. The Hall–Kier alpha value is -0.620. The first-order valence-corrected chi connectivity index (χ1v) is 7.34. The van der Waals surface area contributed by atoms with Crippen LogP contribution in [0.4, 0.5) is 0 Å². The monoisotopic (exact) mass is 249 g/mol. The Bertz CT molecular complexity index is 314. The lowest BCUT2D eigenvalue weighted by molar-refractivity contribution is 0.263. The number of nitrogens with one attached hydrogen (secondary N) is 1. The van der Waals surface area contributed by atoms with Crippen LogP contribution in [0.15, 0.2) is 0 Å². The molecule has 3 N–H and O–H groups in total. The molecule has 0 aromatic rings. The van der Waals surface area contributed by atoms with Crippen molar-refractivity contribution in [2.45, 2.75) is 32.7 Å². The molecule has 0 spiro atoms. The highest BCUT2D eigenvalue weighted by molar-refractivity contribution is 7.91. The van der Waals surface area contributed by atoms with Gasteiger partial charge in [-0.2, -0.15) is 0 Å². The van der Waals surface area contributed by atoms with Crippen LogP contribution in [0.25, 0.3) is 0 Å². The van der Waals surface area contributed by atoms with Gasteiger partial charge in [0.05, 0.1) is 11.6 Å². The molecule has 0 saturated carbocycles. The number of nitrogens with two attached hydrogens (primary N) is 1. The van der Waals surface area contributed by atoms with E-state index < -0.39 is 9.84 Å².